The SMILES string of the molecule is Cc1cc(-c2ncc(-c3ccccc3C(F)F)s2)c2ncc(OC(F)F)nc2c1. The van der Waals surface area contributed by atoms with Crippen molar-refractivity contribution < 1.29 is 22.3 Å². The van der Waals surface area contributed by atoms with Crippen molar-refractivity contribution in [3.8, 4) is 26.9 Å². The first-order valence-corrected chi connectivity index (χ1v) is 9.30. The molecule has 0 saturated carbocycles. The van der Waals surface area contributed by atoms with Gasteiger partial charge in [-0.05, 0) is 24.6 Å². The third-order valence-corrected chi connectivity index (χ3v) is 5.24. The smallest absolute Gasteiger partial charge is 0.388 e. The fraction of sp³-hybridized carbons (Fsp3) is 0.150. The molecule has 0 spiro atoms. The summed E-state index contributed by atoms with van der Waals surface area (Å²) in [7, 11) is 0. The lowest BCUT2D eigenvalue weighted by Crippen LogP contribution is -2.04. The van der Waals surface area contributed by atoms with Crippen LogP contribution in [0.15, 0.2) is 48.8 Å². The summed E-state index contributed by atoms with van der Waals surface area (Å²) in [5.74, 6) is -0.283. The van der Waals surface area contributed by atoms with Crippen molar-refractivity contribution in [2.24, 2.45) is 0 Å². The topological polar surface area (TPSA) is 47.9 Å². The first kappa shape index (κ1) is 19.3. The van der Waals surface area contributed by atoms with E-state index in [4.69, 9.17) is 0 Å². The number of thiazole rings is 1. The van der Waals surface area contributed by atoms with Crippen LogP contribution in [-0.2, 0) is 0 Å². The first-order chi connectivity index (χ1) is 13.9. The molecule has 4 rings (SSSR count). The summed E-state index contributed by atoms with van der Waals surface area (Å²) in [4.78, 5) is 13.3. The number of aryl methyl sites for hydroxylation is 1. The average Bonchev–Trinajstić information content (AvgIpc) is 3.16. The Labute approximate surface area is 166 Å². The molecule has 29 heavy (non-hydrogen) atoms. The van der Waals surface area contributed by atoms with Crippen molar-refractivity contribution in [2.75, 3.05) is 0 Å². The molecule has 0 saturated heterocycles. The monoisotopic (exact) mass is 419 g/mol. The Morgan fingerprint density at radius 3 is 2.52 bits per heavy atom. The number of halogens is 4. The highest BCUT2D eigenvalue weighted by atomic mass is 32.1. The molecular weight excluding hydrogens is 406 g/mol. The summed E-state index contributed by atoms with van der Waals surface area (Å²) >= 11 is 1.25. The molecule has 0 amide bonds. The van der Waals surface area contributed by atoms with Crippen molar-refractivity contribution in [2.45, 2.75) is 20.0 Å². The number of hydrogen-bond donors (Lipinski definition) is 0. The van der Waals surface area contributed by atoms with E-state index < -0.39 is 13.0 Å². The first-order valence-electron chi connectivity index (χ1n) is 8.48. The van der Waals surface area contributed by atoms with Gasteiger partial charge in [-0.15, -0.1) is 11.3 Å². The number of alkyl halides is 4. The second kappa shape index (κ2) is 7.75. The van der Waals surface area contributed by atoms with Gasteiger partial charge in [0, 0.05) is 22.9 Å². The molecule has 0 bridgehead atoms. The van der Waals surface area contributed by atoms with Gasteiger partial charge in [0.05, 0.1) is 22.1 Å². The van der Waals surface area contributed by atoms with Crippen LogP contribution >= 0.6 is 11.3 Å². The summed E-state index contributed by atoms with van der Waals surface area (Å²) in [5.41, 5.74) is 2.65. The highest BCUT2D eigenvalue weighted by molar-refractivity contribution is 7.18. The molecule has 148 valence electrons. The molecule has 4 nitrogen and oxygen atoms in total. The highest BCUT2D eigenvalue weighted by Gasteiger charge is 2.18. The Morgan fingerprint density at radius 1 is 0.966 bits per heavy atom. The minimum atomic E-state index is -3.00. The van der Waals surface area contributed by atoms with E-state index >= 15 is 0 Å². The van der Waals surface area contributed by atoms with Gasteiger partial charge >= 0.3 is 6.61 Å². The number of fused-ring (bicyclic) bond motifs is 1. The number of hydrogen-bond acceptors (Lipinski definition) is 5. The lowest BCUT2D eigenvalue weighted by molar-refractivity contribution is -0.0528. The maximum absolute atomic E-state index is 13.3. The van der Waals surface area contributed by atoms with Crippen LogP contribution < -0.4 is 4.74 Å². The number of rotatable bonds is 5. The van der Waals surface area contributed by atoms with Gasteiger partial charge in [0.1, 0.15) is 5.01 Å². The third kappa shape index (κ3) is 3.91. The molecule has 2 heterocycles. The number of nitrogens with zero attached hydrogens (tertiary/aromatic N) is 3. The van der Waals surface area contributed by atoms with E-state index in [1.54, 1.807) is 24.3 Å². The molecule has 0 N–H and O–H groups in total. The molecule has 0 fully saturated rings. The molecule has 0 unspecified atom stereocenters. The maximum atomic E-state index is 13.3. The molecule has 0 aliphatic heterocycles. The van der Waals surface area contributed by atoms with Gasteiger partial charge in [0.2, 0.25) is 5.88 Å². The van der Waals surface area contributed by atoms with Crippen molar-refractivity contribution >= 4 is 22.4 Å². The Balaban J connectivity index is 1.80. The van der Waals surface area contributed by atoms with Crippen LogP contribution in [0.25, 0.3) is 32.0 Å². The van der Waals surface area contributed by atoms with Crippen LogP contribution in [0.1, 0.15) is 17.6 Å². The van der Waals surface area contributed by atoms with E-state index in [-0.39, 0.29) is 11.4 Å². The van der Waals surface area contributed by atoms with Crippen LogP contribution in [0.5, 0.6) is 5.88 Å². The summed E-state index contributed by atoms with van der Waals surface area (Å²) in [6.45, 7) is -1.17. The van der Waals surface area contributed by atoms with Gasteiger partial charge in [0.15, 0.2) is 0 Å². The van der Waals surface area contributed by atoms with E-state index in [0.29, 0.717) is 32.0 Å². The van der Waals surface area contributed by atoms with E-state index in [1.165, 1.54) is 23.6 Å². The number of ether oxygens (including phenoxy) is 1. The Hall–Kier alpha value is -3.07. The zero-order valence-electron chi connectivity index (χ0n) is 14.9. The van der Waals surface area contributed by atoms with Crippen LogP contribution in [0, 0.1) is 6.92 Å². The summed E-state index contributed by atoms with van der Waals surface area (Å²) in [6, 6.07) is 9.81. The molecule has 2 aromatic carbocycles. The Bertz CT molecular complexity index is 1180. The minimum absolute atomic E-state index is 0.0645. The zero-order chi connectivity index (χ0) is 20.5. The van der Waals surface area contributed by atoms with Gasteiger partial charge in [-0.2, -0.15) is 8.78 Å². The number of benzene rings is 2. The second-order valence-electron chi connectivity index (χ2n) is 6.18. The fourth-order valence-corrected chi connectivity index (χ4v) is 3.97. The predicted molar refractivity (Wildman–Crippen MR) is 102 cm³/mol. The third-order valence-electron chi connectivity index (χ3n) is 4.18. The van der Waals surface area contributed by atoms with E-state index in [1.807, 2.05) is 13.0 Å². The van der Waals surface area contributed by atoms with E-state index in [9.17, 15) is 17.6 Å². The largest absolute Gasteiger partial charge is 0.415 e. The second-order valence-corrected chi connectivity index (χ2v) is 7.22. The molecule has 4 aromatic rings. The van der Waals surface area contributed by atoms with Crippen molar-refractivity contribution in [1.82, 2.24) is 15.0 Å². The minimum Gasteiger partial charge on any atom is -0.415 e. The summed E-state index contributed by atoms with van der Waals surface area (Å²) < 4.78 is 55.9. The van der Waals surface area contributed by atoms with Gasteiger partial charge in [0.25, 0.3) is 6.43 Å². The number of aromatic nitrogens is 3. The zero-order valence-corrected chi connectivity index (χ0v) is 15.8. The average molecular weight is 419 g/mol. The van der Waals surface area contributed by atoms with Gasteiger partial charge in [-0.1, -0.05) is 24.3 Å². The maximum Gasteiger partial charge on any atom is 0.388 e. The highest BCUT2D eigenvalue weighted by Crippen LogP contribution is 2.38. The summed E-state index contributed by atoms with van der Waals surface area (Å²) in [5, 5.41) is 0.564. The van der Waals surface area contributed by atoms with Crippen LogP contribution in [0.3, 0.4) is 0 Å². The van der Waals surface area contributed by atoms with Gasteiger partial charge in [-0.25, -0.2) is 23.7 Å². The van der Waals surface area contributed by atoms with Gasteiger partial charge in [-0.3, -0.25) is 0 Å². The molecular formula is C20H13F4N3OS. The Morgan fingerprint density at radius 2 is 1.76 bits per heavy atom. The molecule has 2 aromatic heterocycles. The molecule has 0 radical (unpaired) electrons. The lowest BCUT2D eigenvalue weighted by Gasteiger charge is -2.08. The van der Waals surface area contributed by atoms with Crippen LogP contribution in [-0.4, -0.2) is 21.6 Å². The van der Waals surface area contributed by atoms with Crippen molar-refractivity contribution in [1.29, 1.82) is 0 Å². The lowest BCUT2D eigenvalue weighted by atomic mass is 10.1. The molecule has 0 aliphatic rings. The van der Waals surface area contributed by atoms with Crippen molar-refractivity contribution in [3.05, 3.63) is 59.9 Å². The molecule has 9 heteroatoms. The van der Waals surface area contributed by atoms with Gasteiger partial charge < -0.3 is 4.74 Å². The fourth-order valence-electron chi connectivity index (χ4n) is 2.99. The van der Waals surface area contributed by atoms with Crippen LogP contribution in [0.4, 0.5) is 17.6 Å². The van der Waals surface area contributed by atoms with E-state index in [2.05, 4.69) is 19.7 Å². The normalized spacial score (nSPS) is 11.6. The molecule has 0 aliphatic carbocycles. The molecule has 0 atom stereocenters. The Kier molecular flexibility index (Phi) is 5.14. The van der Waals surface area contributed by atoms with Crippen LogP contribution in [0.2, 0.25) is 0 Å². The van der Waals surface area contributed by atoms with Crippen molar-refractivity contribution in [3.63, 3.8) is 0 Å². The standard InChI is InChI=1S/C20H13F4N3OS/c1-10-6-13(17-14(7-10)27-16(9-25-17)28-20(23)24)19-26-8-15(29-19)11-4-2-3-5-12(11)18(21)22/h2-9,18,20H,1H3. The van der Waals surface area contributed by atoms with E-state index in [0.717, 1.165) is 11.8 Å². The predicted octanol–water partition coefficient (Wildman–Crippen LogP) is 6.27. The quantitative estimate of drug-likeness (QED) is 0.358. The summed E-state index contributed by atoms with van der Waals surface area (Å²) in [6.07, 6.45) is 0.0565.